The highest BCUT2D eigenvalue weighted by Crippen LogP contribution is 2.18. The molecule has 0 aliphatic heterocycles. The Labute approximate surface area is 132 Å². The lowest BCUT2D eigenvalue weighted by Gasteiger charge is -2.16. The second-order valence-corrected chi connectivity index (χ2v) is 4.95. The van der Waals surface area contributed by atoms with Gasteiger partial charge in [0.05, 0.1) is 13.4 Å². The number of carbonyl (C=O) groups excluding carboxylic acids is 1. The van der Waals surface area contributed by atoms with Crippen LogP contribution < -0.4 is 10.1 Å². The Bertz CT molecular complexity index is 727. The number of ether oxygens (including phenoxy) is 1. The summed E-state index contributed by atoms with van der Waals surface area (Å²) < 4.78 is 13.8. The highest BCUT2D eigenvalue weighted by Gasteiger charge is 2.21. The van der Waals surface area contributed by atoms with E-state index >= 15 is 0 Å². The van der Waals surface area contributed by atoms with Gasteiger partial charge in [0, 0.05) is 32.2 Å². The molecule has 1 amide bonds. The van der Waals surface area contributed by atoms with E-state index in [1.807, 2.05) is 18.3 Å². The summed E-state index contributed by atoms with van der Waals surface area (Å²) in [7, 11) is 3.21. The van der Waals surface area contributed by atoms with Crippen molar-refractivity contribution in [1.29, 1.82) is 0 Å². The van der Waals surface area contributed by atoms with E-state index in [0.717, 1.165) is 0 Å². The number of nitrogens with zero attached hydrogens (tertiary/aromatic N) is 4. The molecule has 0 saturated heterocycles. The van der Waals surface area contributed by atoms with Gasteiger partial charge in [0.1, 0.15) is 17.4 Å². The number of aryl methyl sites for hydroxylation is 1. The number of carbonyl (C=O) groups is 1. The van der Waals surface area contributed by atoms with Crippen molar-refractivity contribution in [2.75, 3.05) is 13.7 Å². The predicted octanol–water partition coefficient (Wildman–Crippen LogP) is 1.24. The Balaban J connectivity index is 1.75. The van der Waals surface area contributed by atoms with Gasteiger partial charge in [-0.2, -0.15) is 5.10 Å². The van der Waals surface area contributed by atoms with Crippen molar-refractivity contribution in [3.63, 3.8) is 0 Å². The van der Waals surface area contributed by atoms with E-state index in [9.17, 15) is 4.79 Å². The third kappa shape index (κ3) is 3.10. The van der Waals surface area contributed by atoms with Crippen LogP contribution in [0.15, 0.2) is 47.5 Å². The van der Waals surface area contributed by atoms with Gasteiger partial charge in [0.2, 0.25) is 5.88 Å². The monoisotopic (exact) mass is 315 g/mol. The molecule has 0 radical (unpaired) electrons. The standard InChI is InChI=1S/C15H17N5O3/c1-19-10-11(15(18-19)22-2)14(21)16-9-12(13-5-3-8-23-13)20-7-4-6-17-20/h3-8,10,12H,9H2,1-2H3,(H,16,21). The van der Waals surface area contributed by atoms with Gasteiger partial charge in [-0.1, -0.05) is 0 Å². The van der Waals surface area contributed by atoms with Gasteiger partial charge >= 0.3 is 0 Å². The average Bonchev–Trinajstić information content (AvgIpc) is 3.28. The van der Waals surface area contributed by atoms with Crippen LogP contribution in [-0.2, 0) is 7.05 Å². The Hall–Kier alpha value is -3.03. The van der Waals surface area contributed by atoms with Crippen LogP contribution in [0.1, 0.15) is 22.2 Å². The molecule has 8 nitrogen and oxygen atoms in total. The average molecular weight is 315 g/mol. The molecule has 1 N–H and O–H groups in total. The van der Waals surface area contributed by atoms with Crippen molar-refractivity contribution >= 4 is 5.91 Å². The summed E-state index contributed by atoms with van der Waals surface area (Å²) in [5, 5.41) is 11.2. The summed E-state index contributed by atoms with van der Waals surface area (Å²) in [6.45, 7) is 0.325. The van der Waals surface area contributed by atoms with E-state index in [1.54, 1.807) is 36.5 Å². The van der Waals surface area contributed by atoms with Gasteiger partial charge in [-0.3, -0.25) is 14.2 Å². The fourth-order valence-corrected chi connectivity index (χ4v) is 2.33. The molecular formula is C15H17N5O3. The van der Waals surface area contributed by atoms with Crippen LogP contribution in [0, 0.1) is 0 Å². The van der Waals surface area contributed by atoms with Crippen molar-refractivity contribution in [3.8, 4) is 5.88 Å². The van der Waals surface area contributed by atoms with E-state index in [0.29, 0.717) is 23.7 Å². The van der Waals surface area contributed by atoms with Crippen molar-refractivity contribution in [2.24, 2.45) is 7.05 Å². The Morgan fingerprint density at radius 3 is 3.00 bits per heavy atom. The van der Waals surface area contributed by atoms with Gasteiger partial charge in [0.15, 0.2) is 0 Å². The summed E-state index contributed by atoms with van der Waals surface area (Å²) in [4.78, 5) is 12.4. The molecule has 0 saturated carbocycles. The first kappa shape index (κ1) is 14.9. The number of hydrogen-bond donors (Lipinski definition) is 1. The molecule has 1 atom stereocenters. The Morgan fingerprint density at radius 2 is 2.35 bits per heavy atom. The zero-order valence-corrected chi connectivity index (χ0v) is 12.8. The van der Waals surface area contributed by atoms with E-state index in [-0.39, 0.29) is 11.9 Å². The van der Waals surface area contributed by atoms with Crippen LogP contribution in [0.5, 0.6) is 5.88 Å². The molecule has 3 aromatic rings. The molecule has 120 valence electrons. The third-order valence-corrected chi connectivity index (χ3v) is 3.40. The summed E-state index contributed by atoms with van der Waals surface area (Å²) in [6.07, 6.45) is 6.72. The minimum Gasteiger partial charge on any atom is -0.479 e. The van der Waals surface area contributed by atoms with Crippen LogP contribution in [0.4, 0.5) is 0 Å². The summed E-state index contributed by atoms with van der Waals surface area (Å²) in [6, 6.07) is 5.25. The van der Waals surface area contributed by atoms with Gasteiger partial charge in [-0.15, -0.1) is 5.10 Å². The van der Waals surface area contributed by atoms with Crippen molar-refractivity contribution < 1.29 is 13.9 Å². The second-order valence-electron chi connectivity index (χ2n) is 4.95. The summed E-state index contributed by atoms with van der Waals surface area (Å²) in [5.74, 6) is 0.740. The minimum atomic E-state index is -0.265. The van der Waals surface area contributed by atoms with Gasteiger partial charge in [-0.25, -0.2) is 0 Å². The van der Waals surface area contributed by atoms with Crippen molar-refractivity contribution in [3.05, 3.63) is 54.4 Å². The van der Waals surface area contributed by atoms with Gasteiger partial charge in [0.25, 0.3) is 5.91 Å². The number of hydrogen-bond acceptors (Lipinski definition) is 5. The number of methoxy groups -OCH3 is 1. The van der Waals surface area contributed by atoms with Gasteiger partial charge < -0.3 is 14.5 Å². The Morgan fingerprint density at radius 1 is 1.48 bits per heavy atom. The molecule has 0 spiro atoms. The van der Waals surface area contributed by atoms with E-state index in [4.69, 9.17) is 9.15 Å². The maximum Gasteiger partial charge on any atom is 0.258 e. The van der Waals surface area contributed by atoms with Crippen molar-refractivity contribution in [2.45, 2.75) is 6.04 Å². The van der Waals surface area contributed by atoms with Crippen LogP contribution in [-0.4, -0.2) is 39.1 Å². The number of furan rings is 1. The molecule has 8 heteroatoms. The molecule has 0 fully saturated rings. The lowest BCUT2D eigenvalue weighted by molar-refractivity contribution is 0.0945. The lowest BCUT2D eigenvalue weighted by atomic mass is 10.2. The molecule has 3 rings (SSSR count). The largest absolute Gasteiger partial charge is 0.479 e. The van der Waals surface area contributed by atoms with E-state index in [2.05, 4.69) is 15.5 Å². The SMILES string of the molecule is COc1nn(C)cc1C(=O)NCC(c1ccco1)n1cccn1. The van der Waals surface area contributed by atoms with Crippen LogP contribution >= 0.6 is 0 Å². The van der Waals surface area contributed by atoms with Crippen LogP contribution in [0.25, 0.3) is 0 Å². The summed E-state index contributed by atoms with van der Waals surface area (Å²) >= 11 is 0. The smallest absolute Gasteiger partial charge is 0.258 e. The second kappa shape index (κ2) is 6.39. The van der Waals surface area contributed by atoms with Crippen LogP contribution in [0.2, 0.25) is 0 Å². The topological polar surface area (TPSA) is 87.1 Å². The molecule has 23 heavy (non-hydrogen) atoms. The maximum atomic E-state index is 12.4. The quantitative estimate of drug-likeness (QED) is 0.739. The Kier molecular flexibility index (Phi) is 4.13. The highest BCUT2D eigenvalue weighted by molar-refractivity contribution is 5.96. The fourth-order valence-electron chi connectivity index (χ4n) is 2.33. The summed E-state index contributed by atoms with van der Waals surface area (Å²) in [5.41, 5.74) is 0.383. The van der Waals surface area contributed by atoms with Crippen LogP contribution in [0.3, 0.4) is 0 Å². The molecular weight excluding hydrogens is 298 g/mol. The van der Waals surface area contributed by atoms with E-state index < -0.39 is 0 Å². The highest BCUT2D eigenvalue weighted by atomic mass is 16.5. The zero-order valence-electron chi connectivity index (χ0n) is 12.8. The number of nitrogens with one attached hydrogen (secondary N) is 1. The molecule has 0 aliphatic carbocycles. The first-order valence-corrected chi connectivity index (χ1v) is 7.07. The lowest BCUT2D eigenvalue weighted by Crippen LogP contribution is -2.31. The first-order chi connectivity index (χ1) is 11.2. The molecule has 1 unspecified atom stereocenters. The number of rotatable bonds is 6. The normalized spacial score (nSPS) is 12.1. The molecule has 0 aliphatic rings. The van der Waals surface area contributed by atoms with E-state index in [1.165, 1.54) is 11.8 Å². The molecule has 3 heterocycles. The molecule has 3 aromatic heterocycles. The van der Waals surface area contributed by atoms with Crippen molar-refractivity contribution in [1.82, 2.24) is 24.9 Å². The molecule has 0 bridgehead atoms. The number of amides is 1. The fraction of sp³-hybridized carbons (Fsp3) is 0.267. The predicted molar refractivity (Wildman–Crippen MR) is 81.2 cm³/mol. The maximum absolute atomic E-state index is 12.4. The van der Waals surface area contributed by atoms with Gasteiger partial charge in [-0.05, 0) is 18.2 Å². The minimum absolute atomic E-state index is 0.230. The first-order valence-electron chi connectivity index (χ1n) is 7.07. The third-order valence-electron chi connectivity index (χ3n) is 3.40. The zero-order chi connectivity index (χ0) is 16.2. The number of aromatic nitrogens is 4. The molecule has 0 aromatic carbocycles.